The molecule has 1 fully saturated rings. The molecule has 9 nitrogen and oxygen atoms in total. The van der Waals surface area contributed by atoms with Crippen LogP contribution in [0.3, 0.4) is 0 Å². The van der Waals surface area contributed by atoms with Crippen LogP contribution >= 0.6 is 11.6 Å². The van der Waals surface area contributed by atoms with Crippen LogP contribution in [-0.4, -0.2) is 73.8 Å². The molecular weight excluding hydrogens is 535 g/mol. The van der Waals surface area contributed by atoms with Crippen molar-refractivity contribution in [1.82, 2.24) is 19.8 Å². The Balaban J connectivity index is 1.70. The molecule has 0 spiro atoms. The van der Waals surface area contributed by atoms with Crippen LogP contribution < -0.4 is 4.90 Å². The average molecular weight is 565 g/mol. The molecule has 2 aliphatic heterocycles. The number of halogens is 2. The van der Waals surface area contributed by atoms with Crippen molar-refractivity contribution in [2.45, 2.75) is 39.1 Å². The Kier molecular flexibility index (Phi) is 7.48. The Morgan fingerprint density at radius 2 is 2.00 bits per heavy atom. The van der Waals surface area contributed by atoms with E-state index in [4.69, 9.17) is 16.6 Å². The van der Waals surface area contributed by atoms with E-state index in [1.54, 1.807) is 17.2 Å². The van der Waals surface area contributed by atoms with Gasteiger partial charge in [0.05, 0.1) is 21.8 Å². The van der Waals surface area contributed by atoms with E-state index in [0.717, 1.165) is 5.56 Å². The number of rotatable bonds is 4. The zero-order chi connectivity index (χ0) is 28.7. The summed E-state index contributed by atoms with van der Waals surface area (Å²) >= 11 is 6.70. The number of nitrogens with zero attached hydrogens (tertiary/aromatic N) is 6. The van der Waals surface area contributed by atoms with Crippen LogP contribution in [0.25, 0.3) is 11.3 Å². The first-order chi connectivity index (χ1) is 19.1. The number of aliphatic hydroxyl groups is 1. The molecule has 2 aliphatic rings. The molecule has 1 saturated heterocycles. The minimum absolute atomic E-state index is 0.0194. The van der Waals surface area contributed by atoms with Gasteiger partial charge < -0.3 is 20.0 Å². The molecule has 0 saturated carbocycles. The van der Waals surface area contributed by atoms with Crippen molar-refractivity contribution in [3.63, 3.8) is 0 Å². The lowest BCUT2D eigenvalue weighted by Crippen LogP contribution is -2.56. The SMILES string of the molecule is C=CC(=O)N1CCN(C2=NC(O)N(c3ncccc3C(C)C)c3nc(-c4c(O)cccc4F)c(Cl)cc32)[C@@H](C)C1. The van der Waals surface area contributed by atoms with Gasteiger partial charge in [-0.05, 0) is 48.7 Å². The summed E-state index contributed by atoms with van der Waals surface area (Å²) < 4.78 is 15.0. The molecule has 0 radical (unpaired) electrons. The number of fused-ring (bicyclic) bond motifs is 1. The van der Waals surface area contributed by atoms with Crippen molar-refractivity contribution in [3.05, 3.63) is 77.2 Å². The molecular formula is C29H30ClFN6O3. The highest BCUT2D eigenvalue weighted by Gasteiger charge is 2.38. The van der Waals surface area contributed by atoms with Gasteiger partial charge in [-0.15, -0.1) is 0 Å². The number of hydrogen-bond acceptors (Lipinski definition) is 8. The largest absolute Gasteiger partial charge is 0.507 e. The number of aliphatic imine (C=N–C) groups is 1. The predicted octanol–water partition coefficient (Wildman–Crippen LogP) is 4.66. The summed E-state index contributed by atoms with van der Waals surface area (Å²) in [7, 11) is 0. The monoisotopic (exact) mass is 564 g/mol. The first-order valence-electron chi connectivity index (χ1n) is 13.0. The normalized spacial score (nSPS) is 19.0. The molecule has 1 aromatic carbocycles. The van der Waals surface area contributed by atoms with E-state index in [1.165, 1.54) is 29.2 Å². The van der Waals surface area contributed by atoms with Crippen molar-refractivity contribution in [2.75, 3.05) is 24.5 Å². The Morgan fingerprint density at radius 3 is 2.67 bits per heavy atom. The van der Waals surface area contributed by atoms with Gasteiger partial charge in [-0.3, -0.25) is 9.69 Å². The van der Waals surface area contributed by atoms with Gasteiger partial charge in [-0.2, -0.15) is 0 Å². The molecule has 2 atom stereocenters. The van der Waals surface area contributed by atoms with Gasteiger partial charge in [-0.25, -0.2) is 19.4 Å². The van der Waals surface area contributed by atoms with Gasteiger partial charge >= 0.3 is 0 Å². The van der Waals surface area contributed by atoms with E-state index in [0.29, 0.717) is 36.9 Å². The van der Waals surface area contributed by atoms with Gasteiger partial charge in [0, 0.05) is 31.9 Å². The van der Waals surface area contributed by atoms with Crippen LogP contribution in [0.1, 0.15) is 37.8 Å². The molecule has 5 rings (SSSR count). The third-order valence-electron chi connectivity index (χ3n) is 7.17. The van der Waals surface area contributed by atoms with E-state index in [2.05, 4.69) is 16.6 Å². The Labute approximate surface area is 236 Å². The van der Waals surface area contributed by atoms with E-state index >= 15 is 0 Å². The molecule has 0 aliphatic carbocycles. The topological polar surface area (TPSA) is 105 Å². The summed E-state index contributed by atoms with van der Waals surface area (Å²) in [5, 5.41) is 22.1. The predicted molar refractivity (Wildman–Crippen MR) is 152 cm³/mol. The van der Waals surface area contributed by atoms with Crippen molar-refractivity contribution < 1.29 is 19.4 Å². The fraction of sp³-hybridized carbons (Fsp3) is 0.310. The summed E-state index contributed by atoms with van der Waals surface area (Å²) in [6, 6.07) is 9.16. The van der Waals surface area contributed by atoms with Gasteiger partial charge in [-0.1, -0.05) is 44.2 Å². The number of aliphatic hydroxyl groups excluding tert-OH is 1. The lowest BCUT2D eigenvalue weighted by molar-refractivity contribution is -0.128. The standard InChI is InChI=1S/C29H30ClFN6O3/c1-5-23(39)35-12-13-36(17(4)15-35)27-19-14-20(30)25(24-21(31)9-6-10-22(24)38)33-28(19)37(29(40)34-27)26-18(16(2)3)8-7-11-32-26/h5-11,14,16-17,29,38,40H,1,12-13,15H2,2-4H3/t17-,29?/m0/s1. The zero-order valence-electron chi connectivity index (χ0n) is 22.4. The molecule has 1 unspecified atom stereocenters. The highest BCUT2D eigenvalue weighted by atomic mass is 35.5. The van der Waals surface area contributed by atoms with Gasteiger partial charge in [0.15, 0.2) is 0 Å². The van der Waals surface area contributed by atoms with Crippen molar-refractivity contribution in [1.29, 1.82) is 0 Å². The number of pyridine rings is 2. The molecule has 208 valence electrons. The molecule has 4 heterocycles. The molecule has 11 heteroatoms. The summed E-state index contributed by atoms with van der Waals surface area (Å²) in [6.45, 7) is 10.9. The van der Waals surface area contributed by atoms with Crippen molar-refractivity contribution >= 4 is 35.0 Å². The third-order valence-corrected chi connectivity index (χ3v) is 7.46. The molecule has 1 amide bonds. The highest BCUT2D eigenvalue weighted by Crippen LogP contribution is 2.42. The summed E-state index contributed by atoms with van der Waals surface area (Å²) in [6.07, 6.45) is 1.50. The number of benzene rings is 1. The zero-order valence-corrected chi connectivity index (χ0v) is 23.2. The minimum atomic E-state index is -1.41. The van der Waals surface area contributed by atoms with Crippen LogP contribution in [0.5, 0.6) is 5.75 Å². The lowest BCUT2D eigenvalue weighted by atomic mass is 10.0. The smallest absolute Gasteiger partial charge is 0.246 e. The van der Waals surface area contributed by atoms with E-state index < -0.39 is 12.2 Å². The molecule has 3 aromatic rings. The first-order valence-corrected chi connectivity index (χ1v) is 13.4. The number of amides is 1. The Hall–Kier alpha value is -4.02. The van der Waals surface area contributed by atoms with Crippen LogP contribution in [-0.2, 0) is 4.79 Å². The van der Waals surface area contributed by atoms with Crippen LogP contribution in [0.15, 0.2) is 60.2 Å². The maximum Gasteiger partial charge on any atom is 0.246 e. The second-order valence-electron chi connectivity index (χ2n) is 10.1. The van der Waals surface area contributed by atoms with Gasteiger partial charge in [0.25, 0.3) is 0 Å². The third kappa shape index (κ3) is 4.77. The molecule has 40 heavy (non-hydrogen) atoms. The second-order valence-corrected chi connectivity index (χ2v) is 10.5. The minimum Gasteiger partial charge on any atom is -0.507 e. The molecule has 2 aromatic heterocycles. The van der Waals surface area contributed by atoms with Gasteiger partial charge in [0.2, 0.25) is 12.3 Å². The maximum absolute atomic E-state index is 15.0. The Bertz CT molecular complexity index is 1490. The number of amidine groups is 1. The molecule has 2 N–H and O–H groups in total. The Morgan fingerprint density at radius 1 is 1.23 bits per heavy atom. The maximum atomic E-state index is 15.0. The average Bonchev–Trinajstić information content (AvgIpc) is 2.92. The van der Waals surface area contributed by atoms with Crippen molar-refractivity contribution in [2.24, 2.45) is 4.99 Å². The number of piperazine rings is 1. The number of carbonyl (C=O) groups excluding carboxylic acids is 1. The lowest BCUT2D eigenvalue weighted by Gasteiger charge is -2.44. The number of aromatic hydroxyl groups is 1. The van der Waals surface area contributed by atoms with E-state index in [1.807, 2.05) is 37.8 Å². The number of hydrogen-bond donors (Lipinski definition) is 2. The van der Waals surface area contributed by atoms with Gasteiger partial charge in [0.1, 0.15) is 29.0 Å². The van der Waals surface area contributed by atoms with Crippen LogP contribution in [0, 0.1) is 5.82 Å². The number of aromatic nitrogens is 2. The summed E-state index contributed by atoms with van der Waals surface area (Å²) in [4.78, 5) is 31.4. The van der Waals surface area contributed by atoms with Crippen LogP contribution in [0.2, 0.25) is 5.02 Å². The second kappa shape index (κ2) is 10.9. The fourth-order valence-corrected chi connectivity index (χ4v) is 5.44. The van der Waals surface area contributed by atoms with E-state index in [-0.39, 0.29) is 45.7 Å². The fourth-order valence-electron chi connectivity index (χ4n) is 5.20. The number of carbonyl (C=O) groups is 1. The van der Waals surface area contributed by atoms with Crippen molar-refractivity contribution in [3.8, 4) is 17.0 Å². The summed E-state index contributed by atoms with van der Waals surface area (Å²) in [5.41, 5.74) is 1.23. The quantitative estimate of drug-likeness (QED) is 0.444. The highest BCUT2D eigenvalue weighted by molar-refractivity contribution is 6.33. The van der Waals surface area contributed by atoms with E-state index in [9.17, 15) is 19.4 Å². The van der Waals surface area contributed by atoms with Crippen LogP contribution in [0.4, 0.5) is 16.0 Å². The number of phenols is 1. The summed E-state index contributed by atoms with van der Waals surface area (Å²) in [5.74, 6) is 0.0466. The number of anilines is 2. The number of phenolic OH excluding ortho intramolecular Hbond substituents is 1. The molecule has 0 bridgehead atoms. The first kappa shape index (κ1) is 27.5.